The quantitative estimate of drug-likeness (QED) is 0.642. The summed E-state index contributed by atoms with van der Waals surface area (Å²) in [5.74, 6) is 0.831. The highest BCUT2D eigenvalue weighted by molar-refractivity contribution is 4.80. The van der Waals surface area contributed by atoms with Crippen molar-refractivity contribution >= 4 is 0 Å². The summed E-state index contributed by atoms with van der Waals surface area (Å²) in [4.78, 5) is 2.62. The minimum Gasteiger partial charge on any atom is -0.382 e. The molecular weight excluding hydrogens is 224 g/mol. The molecule has 1 rings (SSSR count). The zero-order valence-electron chi connectivity index (χ0n) is 12.6. The van der Waals surface area contributed by atoms with E-state index in [0.29, 0.717) is 6.04 Å². The van der Waals surface area contributed by atoms with Crippen molar-refractivity contribution in [3.63, 3.8) is 0 Å². The molecule has 1 heterocycles. The fourth-order valence-corrected chi connectivity index (χ4v) is 2.78. The minimum absolute atomic E-state index is 0.666. The van der Waals surface area contributed by atoms with Gasteiger partial charge in [0.15, 0.2) is 0 Å². The van der Waals surface area contributed by atoms with Crippen LogP contribution >= 0.6 is 0 Å². The van der Waals surface area contributed by atoms with Gasteiger partial charge in [0.05, 0.1) is 0 Å². The number of ether oxygens (including phenoxy) is 1. The van der Waals surface area contributed by atoms with E-state index in [9.17, 15) is 0 Å². The normalized spacial score (nSPS) is 23.2. The van der Waals surface area contributed by atoms with E-state index in [1.165, 1.54) is 45.3 Å². The SMILES string of the molecule is CCCNC(C)C1CCCN(CCCOCC)C1. The standard InChI is InChI=1S/C15H32N2O/c1-4-9-16-14(3)15-8-6-10-17(13-15)11-7-12-18-5-2/h14-16H,4-13H2,1-3H3. The van der Waals surface area contributed by atoms with Gasteiger partial charge < -0.3 is 15.0 Å². The van der Waals surface area contributed by atoms with Gasteiger partial charge in [-0.3, -0.25) is 0 Å². The Kier molecular flexibility index (Phi) is 8.64. The molecule has 0 bridgehead atoms. The molecule has 1 aliphatic rings. The average molecular weight is 256 g/mol. The third-order valence-electron chi connectivity index (χ3n) is 3.93. The monoisotopic (exact) mass is 256 g/mol. The van der Waals surface area contributed by atoms with Crippen molar-refractivity contribution in [2.24, 2.45) is 5.92 Å². The average Bonchev–Trinajstić information content (AvgIpc) is 2.41. The van der Waals surface area contributed by atoms with Crippen molar-refractivity contribution in [1.82, 2.24) is 10.2 Å². The Morgan fingerprint density at radius 1 is 1.39 bits per heavy atom. The number of hydrogen-bond donors (Lipinski definition) is 1. The van der Waals surface area contributed by atoms with Crippen LogP contribution < -0.4 is 5.32 Å². The first-order chi connectivity index (χ1) is 8.77. The lowest BCUT2D eigenvalue weighted by molar-refractivity contribution is 0.111. The Balaban J connectivity index is 2.18. The predicted octanol–water partition coefficient (Wildman–Crippen LogP) is 2.51. The Hall–Kier alpha value is -0.120. The largest absolute Gasteiger partial charge is 0.382 e. The summed E-state index contributed by atoms with van der Waals surface area (Å²) >= 11 is 0. The lowest BCUT2D eigenvalue weighted by atomic mass is 9.91. The summed E-state index contributed by atoms with van der Waals surface area (Å²) in [5, 5.41) is 3.65. The maximum Gasteiger partial charge on any atom is 0.0478 e. The predicted molar refractivity (Wildman–Crippen MR) is 78.0 cm³/mol. The van der Waals surface area contributed by atoms with Gasteiger partial charge in [-0.2, -0.15) is 0 Å². The molecule has 0 spiro atoms. The van der Waals surface area contributed by atoms with Crippen LogP contribution in [0.1, 0.15) is 46.5 Å². The molecular formula is C15H32N2O. The van der Waals surface area contributed by atoms with Crippen molar-refractivity contribution in [3.05, 3.63) is 0 Å². The van der Waals surface area contributed by atoms with Gasteiger partial charge in [-0.15, -0.1) is 0 Å². The van der Waals surface area contributed by atoms with Crippen molar-refractivity contribution in [1.29, 1.82) is 0 Å². The number of likely N-dealkylation sites (tertiary alicyclic amines) is 1. The van der Waals surface area contributed by atoms with Crippen molar-refractivity contribution < 1.29 is 4.74 Å². The molecule has 3 nitrogen and oxygen atoms in total. The molecule has 1 fully saturated rings. The number of piperidine rings is 1. The van der Waals surface area contributed by atoms with E-state index in [4.69, 9.17) is 4.74 Å². The van der Waals surface area contributed by atoms with Crippen LogP contribution in [-0.2, 0) is 4.74 Å². The van der Waals surface area contributed by atoms with Crippen LogP contribution in [0.15, 0.2) is 0 Å². The van der Waals surface area contributed by atoms with Gasteiger partial charge in [-0.05, 0) is 58.5 Å². The Bertz CT molecular complexity index is 199. The maximum atomic E-state index is 5.41. The van der Waals surface area contributed by atoms with Gasteiger partial charge >= 0.3 is 0 Å². The highest BCUT2D eigenvalue weighted by Crippen LogP contribution is 2.19. The summed E-state index contributed by atoms with van der Waals surface area (Å²) in [6.45, 7) is 13.3. The third-order valence-corrected chi connectivity index (χ3v) is 3.93. The molecule has 3 heteroatoms. The zero-order chi connectivity index (χ0) is 13.2. The van der Waals surface area contributed by atoms with E-state index in [0.717, 1.165) is 25.7 Å². The number of nitrogens with zero attached hydrogens (tertiary/aromatic N) is 1. The maximum absolute atomic E-state index is 5.41. The van der Waals surface area contributed by atoms with E-state index in [1.807, 2.05) is 0 Å². The zero-order valence-corrected chi connectivity index (χ0v) is 12.6. The van der Waals surface area contributed by atoms with Gasteiger partial charge in [0, 0.05) is 32.3 Å². The van der Waals surface area contributed by atoms with E-state index >= 15 is 0 Å². The third kappa shape index (κ3) is 6.17. The Morgan fingerprint density at radius 2 is 2.22 bits per heavy atom. The van der Waals surface area contributed by atoms with E-state index in [1.54, 1.807) is 0 Å². The number of rotatable bonds is 9. The molecule has 1 N–H and O–H groups in total. The van der Waals surface area contributed by atoms with Gasteiger partial charge in [0.1, 0.15) is 0 Å². The summed E-state index contributed by atoms with van der Waals surface area (Å²) in [5.41, 5.74) is 0. The number of nitrogens with one attached hydrogen (secondary N) is 1. The molecule has 0 saturated carbocycles. The topological polar surface area (TPSA) is 24.5 Å². The molecule has 0 radical (unpaired) electrons. The summed E-state index contributed by atoms with van der Waals surface area (Å²) in [6.07, 6.45) is 5.16. The summed E-state index contributed by atoms with van der Waals surface area (Å²) < 4.78 is 5.41. The van der Waals surface area contributed by atoms with Crippen LogP contribution in [-0.4, -0.2) is 50.3 Å². The smallest absolute Gasteiger partial charge is 0.0478 e. The second-order valence-electron chi connectivity index (χ2n) is 5.50. The molecule has 18 heavy (non-hydrogen) atoms. The molecule has 2 atom stereocenters. The van der Waals surface area contributed by atoms with Gasteiger partial charge in [-0.1, -0.05) is 6.92 Å². The van der Waals surface area contributed by atoms with Crippen molar-refractivity contribution in [2.75, 3.05) is 39.4 Å². The van der Waals surface area contributed by atoms with E-state index in [-0.39, 0.29) is 0 Å². The minimum atomic E-state index is 0.666. The van der Waals surface area contributed by atoms with Crippen LogP contribution in [0.4, 0.5) is 0 Å². The second kappa shape index (κ2) is 9.76. The van der Waals surface area contributed by atoms with Crippen LogP contribution in [0.5, 0.6) is 0 Å². The van der Waals surface area contributed by atoms with Crippen LogP contribution in [0.25, 0.3) is 0 Å². The molecule has 0 amide bonds. The Labute approximate surface area is 113 Å². The fourth-order valence-electron chi connectivity index (χ4n) is 2.78. The molecule has 1 saturated heterocycles. The van der Waals surface area contributed by atoms with Gasteiger partial charge in [0.25, 0.3) is 0 Å². The van der Waals surface area contributed by atoms with Gasteiger partial charge in [-0.25, -0.2) is 0 Å². The molecule has 108 valence electrons. The van der Waals surface area contributed by atoms with Crippen LogP contribution in [0.3, 0.4) is 0 Å². The highest BCUT2D eigenvalue weighted by atomic mass is 16.5. The molecule has 0 aromatic heterocycles. The molecule has 0 aromatic carbocycles. The second-order valence-corrected chi connectivity index (χ2v) is 5.50. The Morgan fingerprint density at radius 3 is 2.94 bits per heavy atom. The molecule has 2 unspecified atom stereocenters. The first kappa shape index (κ1) is 15.9. The first-order valence-electron chi connectivity index (χ1n) is 7.81. The molecule has 0 aromatic rings. The fraction of sp³-hybridized carbons (Fsp3) is 1.00. The van der Waals surface area contributed by atoms with Crippen molar-refractivity contribution in [2.45, 2.75) is 52.5 Å². The van der Waals surface area contributed by atoms with Gasteiger partial charge in [0.2, 0.25) is 0 Å². The lowest BCUT2D eigenvalue weighted by Crippen LogP contribution is -2.45. The highest BCUT2D eigenvalue weighted by Gasteiger charge is 2.23. The van der Waals surface area contributed by atoms with Crippen LogP contribution in [0.2, 0.25) is 0 Å². The van der Waals surface area contributed by atoms with E-state index < -0.39 is 0 Å². The van der Waals surface area contributed by atoms with E-state index in [2.05, 4.69) is 31.0 Å². The number of hydrogen-bond acceptors (Lipinski definition) is 3. The lowest BCUT2D eigenvalue weighted by Gasteiger charge is -2.36. The van der Waals surface area contributed by atoms with Crippen LogP contribution in [0, 0.1) is 5.92 Å². The summed E-state index contributed by atoms with van der Waals surface area (Å²) in [6, 6.07) is 0.666. The molecule has 0 aliphatic carbocycles. The first-order valence-corrected chi connectivity index (χ1v) is 7.81. The molecule has 1 aliphatic heterocycles. The van der Waals surface area contributed by atoms with Crippen molar-refractivity contribution in [3.8, 4) is 0 Å². The summed E-state index contributed by atoms with van der Waals surface area (Å²) in [7, 11) is 0.